The van der Waals surface area contributed by atoms with Crippen molar-refractivity contribution in [2.75, 3.05) is 25.1 Å². The number of carbonyl (C=O) groups is 1. The van der Waals surface area contributed by atoms with E-state index in [1.165, 1.54) is 6.20 Å². The van der Waals surface area contributed by atoms with Crippen LogP contribution < -0.4 is 4.90 Å². The Morgan fingerprint density at radius 3 is 3.00 bits per heavy atom. The second kappa shape index (κ2) is 4.16. The number of hydrogen-bond donors (Lipinski definition) is 0. The number of carbonyl (C=O) groups excluding carboxylic acids is 1. The molecule has 15 heavy (non-hydrogen) atoms. The summed E-state index contributed by atoms with van der Waals surface area (Å²) in [7, 11) is 1.69. The predicted octanol–water partition coefficient (Wildman–Crippen LogP) is 1.38. The summed E-state index contributed by atoms with van der Waals surface area (Å²) in [6.45, 7) is 1.62. The van der Waals surface area contributed by atoms with Gasteiger partial charge in [-0.25, -0.2) is 4.98 Å². The van der Waals surface area contributed by atoms with Crippen LogP contribution in [-0.4, -0.2) is 37.6 Å². The van der Waals surface area contributed by atoms with Gasteiger partial charge in [-0.2, -0.15) is 0 Å². The molecule has 2 rings (SSSR count). The number of hydrogen-bond acceptors (Lipinski definition) is 4. The molecular weight excluding hydrogens is 216 g/mol. The first-order chi connectivity index (χ1) is 7.24. The Morgan fingerprint density at radius 2 is 2.40 bits per heavy atom. The number of halogens is 1. The van der Waals surface area contributed by atoms with Gasteiger partial charge in [-0.1, -0.05) is 11.6 Å². The minimum Gasteiger partial charge on any atom is -0.378 e. The zero-order valence-electron chi connectivity index (χ0n) is 8.31. The quantitative estimate of drug-likeness (QED) is 0.731. The van der Waals surface area contributed by atoms with Crippen LogP contribution in [0.3, 0.4) is 0 Å². The highest BCUT2D eigenvalue weighted by atomic mass is 35.5. The topological polar surface area (TPSA) is 42.4 Å². The van der Waals surface area contributed by atoms with Gasteiger partial charge >= 0.3 is 0 Å². The van der Waals surface area contributed by atoms with Crippen LogP contribution in [-0.2, 0) is 4.74 Å². The van der Waals surface area contributed by atoms with Crippen LogP contribution in [0.2, 0.25) is 5.02 Å². The second-order valence-electron chi connectivity index (χ2n) is 3.44. The molecule has 0 spiro atoms. The molecule has 0 atom stereocenters. The highest BCUT2D eigenvalue weighted by Gasteiger charge is 2.27. The lowest BCUT2D eigenvalue weighted by Crippen LogP contribution is -2.52. The van der Waals surface area contributed by atoms with Crippen LogP contribution in [0.4, 0.5) is 5.82 Å². The molecule has 1 saturated heterocycles. The third-order valence-electron chi connectivity index (χ3n) is 2.50. The number of aromatic nitrogens is 1. The highest BCUT2D eigenvalue weighted by molar-refractivity contribution is 6.32. The van der Waals surface area contributed by atoms with Crippen LogP contribution in [0.15, 0.2) is 12.3 Å². The van der Waals surface area contributed by atoms with E-state index < -0.39 is 0 Å². The van der Waals surface area contributed by atoms with Gasteiger partial charge in [0.2, 0.25) is 0 Å². The summed E-state index contributed by atoms with van der Waals surface area (Å²) in [5, 5.41) is 0.387. The summed E-state index contributed by atoms with van der Waals surface area (Å²) < 4.78 is 5.15. The zero-order chi connectivity index (χ0) is 10.8. The van der Waals surface area contributed by atoms with Crippen LogP contribution in [0.1, 0.15) is 10.4 Å². The fraction of sp³-hybridized carbons (Fsp3) is 0.400. The Bertz CT molecular complexity index is 378. The van der Waals surface area contributed by atoms with E-state index >= 15 is 0 Å². The van der Waals surface area contributed by atoms with Gasteiger partial charge in [-0.3, -0.25) is 4.79 Å². The Kier molecular flexibility index (Phi) is 2.88. The molecule has 1 fully saturated rings. The average molecular weight is 227 g/mol. The van der Waals surface area contributed by atoms with Crippen molar-refractivity contribution in [2.45, 2.75) is 6.10 Å². The summed E-state index contributed by atoms with van der Waals surface area (Å²) >= 11 is 5.78. The van der Waals surface area contributed by atoms with E-state index in [9.17, 15) is 4.79 Å². The van der Waals surface area contributed by atoms with Gasteiger partial charge in [0.05, 0.1) is 11.1 Å². The SMILES string of the molecule is COC1CN(c2cc(C=O)c(Cl)cn2)C1. The van der Waals surface area contributed by atoms with Crippen molar-refractivity contribution in [2.24, 2.45) is 0 Å². The fourth-order valence-electron chi connectivity index (χ4n) is 1.48. The van der Waals surface area contributed by atoms with Crippen molar-refractivity contribution in [3.8, 4) is 0 Å². The molecule has 1 aliphatic heterocycles. The number of rotatable bonds is 3. The maximum Gasteiger partial charge on any atom is 0.151 e. The molecule has 4 nitrogen and oxygen atoms in total. The lowest BCUT2D eigenvalue weighted by molar-refractivity contribution is 0.0783. The zero-order valence-corrected chi connectivity index (χ0v) is 9.07. The fourth-order valence-corrected chi connectivity index (χ4v) is 1.63. The third-order valence-corrected chi connectivity index (χ3v) is 2.82. The van der Waals surface area contributed by atoms with E-state index in [0.717, 1.165) is 25.2 Å². The first kappa shape index (κ1) is 10.4. The predicted molar refractivity (Wildman–Crippen MR) is 57.6 cm³/mol. The number of methoxy groups -OCH3 is 1. The molecule has 5 heteroatoms. The van der Waals surface area contributed by atoms with Gasteiger partial charge < -0.3 is 9.64 Å². The molecule has 0 bridgehead atoms. The lowest BCUT2D eigenvalue weighted by atomic mass is 10.1. The molecule has 1 aromatic rings. The molecule has 80 valence electrons. The van der Waals surface area contributed by atoms with Crippen molar-refractivity contribution in [3.05, 3.63) is 22.8 Å². The number of pyridine rings is 1. The van der Waals surface area contributed by atoms with Crippen molar-refractivity contribution in [1.82, 2.24) is 4.98 Å². The molecule has 2 heterocycles. The van der Waals surface area contributed by atoms with Crippen molar-refractivity contribution >= 4 is 23.7 Å². The molecule has 0 saturated carbocycles. The average Bonchev–Trinajstić information content (AvgIpc) is 2.19. The summed E-state index contributed by atoms with van der Waals surface area (Å²) in [6, 6.07) is 1.70. The Labute approximate surface area is 92.8 Å². The minimum atomic E-state index is 0.266. The Hall–Kier alpha value is -1.13. The van der Waals surface area contributed by atoms with E-state index in [2.05, 4.69) is 4.98 Å². The van der Waals surface area contributed by atoms with Gasteiger partial charge in [0.25, 0.3) is 0 Å². The standard InChI is InChI=1S/C10H11ClN2O2/c1-15-8-4-13(5-8)10-2-7(6-14)9(11)3-12-10/h2-3,6,8H,4-5H2,1H3. The van der Waals surface area contributed by atoms with Crippen LogP contribution in [0.25, 0.3) is 0 Å². The van der Waals surface area contributed by atoms with Crippen LogP contribution >= 0.6 is 11.6 Å². The van der Waals surface area contributed by atoms with Gasteiger partial charge in [0.15, 0.2) is 6.29 Å². The normalized spacial score (nSPS) is 16.3. The largest absolute Gasteiger partial charge is 0.378 e. The second-order valence-corrected chi connectivity index (χ2v) is 3.85. The molecule has 0 unspecified atom stereocenters. The van der Waals surface area contributed by atoms with Crippen molar-refractivity contribution in [3.63, 3.8) is 0 Å². The van der Waals surface area contributed by atoms with Crippen molar-refractivity contribution in [1.29, 1.82) is 0 Å². The van der Waals surface area contributed by atoms with E-state index in [0.29, 0.717) is 10.6 Å². The maximum atomic E-state index is 10.7. The molecule has 0 aliphatic carbocycles. The van der Waals surface area contributed by atoms with E-state index in [-0.39, 0.29) is 6.10 Å². The molecule has 0 N–H and O–H groups in total. The van der Waals surface area contributed by atoms with E-state index in [1.807, 2.05) is 4.90 Å². The van der Waals surface area contributed by atoms with Crippen molar-refractivity contribution < 1.29 is 9.53 Å². The van der Waals surface area contributed by atoms with Gasteiger partial charge in [-0.05, 0) is 6.07 Å². The maximum absolute atomic E-state index is 10.7. The van der Waals surface area contributed by atoms with Gasteiger partial charge in [0, 0.05) is 32.0 Å². The minimum absolute atomic E-state index is 0.266. The Morgan fingerprint density at radius 1 is 1.67 bits per heavy atom. The number of aldehydes is 1. The lowest BCUT2D eigenvalue weighted by Gasteiger charge is -2.39. The molecule has 1 aliphatic rings. The number of nitrogens with zero attached hydrogens (tertiary/aromatic N) is 2. The third kappa shape index (κ3) is 1.96. The Balaban J connectivity index is 2.13. The molecule has 0 aromatic carbocycles. The number of anilines is 1. The first-order valence-electron chi connectivity index (χ1n) is 4.63. The van der Waals surface area contributed by atoms with E-state index in [1.54, 1.807) is 13.2 Å². The molecular formula is C10H11ClN2O2. The first-order valence-corrected chi connectivity index (χ1v) is 5.01. The summed E-state index contributed by atoms with van der Waals surface area (Å²) in [5.74, 6) is 0.773. The van der Waals surface area contributed by atoms with Gasteiger partial charge in [-0.15, -0.1) is 0 Å². The molecule has 1 aromatic heterocycles. The van der Waals surface area contributed by atoms with Crippen LogP contribution in [0.5, 0.6) is 0 Å². The van der Waals surface area contributed by atoms with Gasteiger partial charge in [0.1, 0.15) is 5.82 Å². The van der Waals surface area contributed by atoms with Crippen LogP contribution in [0, 0.1) is 0 Å². The number of ether oxygens (including phenoxy) is 1. The smallest absolute Gasteiger partial charge is 0.151 e. The monoisotopic (exact) mass is 226 g/mol. The summed E-state index contributed by atoms with van der Waals surface area (Å²) in [5.41, 5.74) is 0.475. The molecule has 0 amide bonds. The highest BCUT2D eigenvalue weighted by Crippen LogP contribution is 2.23. The summed E-state index contributed by atoms with van der Waals surface area (Å²) in [6.07, 6.45) is 2.50. The summed E-state index contributed by atoms with van der Waals surface area (Å²) in [4.78, 5) is 16.9. The molecule has 0 radical (unpaired) electrons. The van der Waals surface area contributed by atoms with E-state index in [4.69, 9.17) is 16.3 Å².